The van der Waals surface area contributed by atoms with Gasteiger partial charge >= 0.3 is 6.18 Å². The van der Waals surface area contributed by atoms with E-state index in [2.05, 4.69) is 15.5 Å². The average molecular weight is 294 g/mol. The molecule has 19 heavy (non-hydrogen) atoms. The van der Waals surface area contributed by atoms with E-state index >= 15 is 0 Å². The zero-order valence-electron chi connectivity index (χ0n) is 10.7. The Bertz CT molecular complexity index is 399. The summed E-state index contributed by atoms with van der Waals surface area (Å²) < 4.78 is 37.4. The second-order valence-electron chi connectivity index (χ2n) is 4.71. The Morgan fingerprint density at radius 3 is 2.53 bits per heavy atom. The molecular formula is C11H17F3N4S. The first-order valence-corrected chi connectivity index (χ1v) is 7.12. The highest BCUT2D eigenvalue weighted by molar-refractivity contribution is 7.15. The van der Waals surface area contributed by atoms with E-state index in [1.165, 1.54) is 0 Å². The third-order valence-corrected chi connectivity index (χ3v) is 4.37. The number of anilines is 1. The molecule has 0 aliphatic carbocycles. The van der Waals surface area contributed by atoms with Crippen molar-refractivity contribution < 1.29 is 13.2 Å². The first-order valence-electron chi connectivity index (χ1n) is 6.31. The zero-order chi connectivity index (χ0) is 13.9. The standard InChI is InChI=1S/C11H17F3N4S/c1-15-5-2-8-3-6-18(7-4-8)10-17-16-9(19-10)11(12,13)14/h8,15H,2-7H2,1H3. The van der Waals surface area contributed by atoms with Crippen molar-refractivity contribution in [3.05, 3.63) is 5.01 Å². The molecule has 0 bridgehead atoms. The predicted molar refractivity (Wildman–Crippen MR) is 68.4 cm³/mol. The summed E-state index contributed by atoms with van der Waals surface area (Å²) in [4.78, 5) is 1.91. The van der Waals surface area contributed by atoms with Crippen molar-refractivity contribution in [2.45, 2.75) is 25.4 Å². The van der Waals surface area contributed by atoms with Gasteiger partial charge < -0.3 is 10.2 Å². The molecule has 2 heterocycles. The summed E-state index contributed by atoms with van der Waals surface area (Å²) in [5.41, 5.74) is 0. The number of piperidine rings is 1. The lowest BCUT2D eigenvalue weighted by Crippen LogP contribution is -2.34. The van der Waals surface area contributed by atoms with E-state index in [1.54, 1.807) is 0 Å². The second kappa shape index (κ2) is 6.04. The number of hydrogen-bond donors (Lipinski definition) is 1. The lowest BCUT2D eigenvalue weighted by Gasteiger charge is -2.31. The van der Waals surface area contributed by atoms with E-state index in [9.17, 15) is 13.2 Å². The normalized spacial score (nSPS) is 18.0. The van der Waals surface area contributed by atoms with Gasteiger partial charge in [-0.15, -0.1) is 10.2 Å². The van der Waals surface area contributed by atoms with Crippen LogP contribution in [0.15, 0.2) is 0 Å². The molecule has 1 saturated heterocycles. The Hall–Kier alpha value is -0.890. The molecule has 0 spiro atoms. The van der Waals surface area contributed by atoms with Crippen LogP contribution in [0.1, 0.15) is 24.3 Å². The molecule has 1 aliphatic heterocycles. The van der Waals surface area contributed by atoms with Gasteiger partial charge in [-0.25, -0.2) is 0 Å². The number of nitrogens with one attached hydrogen (secondary N) is 1. The van der Waals surface area contributed by atoms with Crippen molar-refractivity contribution in [1.29, 1.82) is 0 Å². The van der Waals surface area contributed by atoms with Gasteiger partial charge in [0.25, 0.3) is 0 Å². The fourth-order valence-corrected chi connectivity index (χ4v) is 2.98. The smallest absolute Gasteiger partial charge is 0.347 e. The number of aromatic nitrogens is 2. The Balaban J connectivity index is 1.89. The fourth-order valence-electron chi connectivity index (χ4n) is 2.22. The first-order chi connectivity index (χ1) is 9.00. The largest absolute Gasteiger partial charge is 0.445 e. The minimum absolute atomic E-state index is 0.388. The highest BCUT2D eigenvalue weighted by atomic mass is 32.1. The van der Waals surface area contributed by atoms with Crippen LogP contribution in [-0.4, -0.2) is 36.9 Å². The first kappa shape index (κ1) is 14.5. The zero-order valence-corrected chi connectivity index (χ0v) is 11.5. The van der Waals surface area contributed by atoms with Crippen LogP contribution in [0.2, 0.25) is 0 Å². The van der Waals surface area contributed by atoms with Crippen LogP contribution in [0.25, 0.3) is 0 Å². The van der Waals surface area contributed by atoms with Crippen LogP contribution in [-0.2, 0) is 6.18 Å². The lowest BCUT2D eigenvalue weighted by molar-refractivity contribution is -0.138. The second-order valence-corrected chi connectivity index (χ2v) is 5.67. The van der Waals surface area contributed by atoms with Gasteiger partial charge in [-0.3, -0.25) is 0 Å². The molecule has 2 rings (SSSR count). The van der Waals surface area contributed by atoms with Crippen LogP contribution >= 0.6 is 11.3 Å². The quantitative estimate of drug-likeness (QED) is 0.925. The molecule has 1 aromatic rings. The minimum Gasteiger partial charge on any atom is -0.347 e. The van der Waals surface area contributed by atoms with Crippen molar-refractivity contribution in [2.24, 2.45) is 5.92 Å². The molecule has 1 aliphatic rings. The SMILES string of the molecule is CNCCC1CCN(c2nnc(C(F)(F)F)s2)CC1. The van der Waals surface area contributed by atoms with Gasteiger partial charge in [0, 0.05) is 13.1 Å². The molecule has 1 fully saturated rings. The fraction of sp³-hybridized carbons (Fsp3) is 0.818. The maximum absolute atomic E-state index is 12.5. The van der Waals surface area contributed by atoms with Gasteiger partial charge in [-0.1, -0.05) is 11.3 Å². The van der Waals surface area contributed by atoms with Crippen LogP contribution in [0.5, 0.6) is 0 Å². The van der Waals surface area contributed by atoms with Crippen molar-refractivity contribution >= 4 is 16.5 Å². The number of rotatable bonds is 4. The van der Waals surface area contributed by atoms with Crippen molar-refractivity contribution in [3.63, 3.8) is 0 Å². The monoisotopic (exact) mass is 294 g/mol. The van der Waals surface area contributed by atoms with Gasteiger partial charge in [0.15, 0.2) is 0 Å². The molecule has 0 amide bonds. The van der Waals surface area contributed by atoms with E-state index in [0.29, 0.717) is 22.4 Å². The Morgan fingerprint density at radius 1 is 1.32 bits per heavy atom. The molecule has 0 radical (unpaired) electrons. The summed E-state index contributed by atoms with van der Waals surface area (Å²) in [7, 11) is 1.93. The third kappa shape index (κ3) is 3.79. The highest BCUT2D eigenvalue weighted by Crippen LogP contribution is 2.35. The maximum atomic E-state index is 12.5. The molecule has 8 heteroatoms. The topological polar surface area (TPSA) is 41.0 Å². The van der Waals surface area contributed by atoms with Crippen LogP contribution < -0.4 is 10.2 Å². The summed E-state index contributed by atoms with van der Waals surface area (Å²) >= 11 is 0.632. The molecule has 0 aromatic carbocycles. The van der Waals surface area contributed by atoms with E-state index in [-0.39, 0.29) is 0 Å². The van der Waals surface area contributed by atoms with Crippen molar-refractivity contribution in [2.75, 3.05) is 31.6 Å². The summed E-state index contributed by atoms with van der Waals surface area (Å²) in [6.45, 7) is 2.52. The van der Waals surface area contributed by atoms with E-state index in [4.69, 9.17) is 0 Å². The summed E-state index contributed by atoms with van der Waals surface area (Å²) in [6, 6.07) is 0. The van der Waals surface area contributed by atoms with Crippen LogP contribution in [0.4, 0.5) is 18.3 Å². The molecule has 0 saturated carbocycles. The third-order valence-electron chi connectivity index (χ3n) is 3.34. The predicted octanol–water partition coefficient (Wildman–Crippen LogP) is 2.38. The van der Waals surface area contributed by atoms with Gasteiger partial charge in [-0.05, 0) is 38.8 Å². The number of nitrogens with zero attached hydrogens (tertiary/aromatic N) is 3. The van der Waals surface area contributed by atoms with Gasteiger partial charge in [-0.2, -0.15) is 13.2 Å². The average Bonchev–Trinajstić information content (AvgIpc) is 2.86. The van der Waals surface area contributed by atoms with Gasteiger partial charge in [0.05, 0.1) is 0 Å². The van der Waals surface area contributed by atoms with Crippen molar-refractivity contribution in [1.82, 2.24) is 15.5 Å². The summed E-state index contributed by atoms with van der Waals surface area (Å²) in [6.07, 6.45) is -1.26. The molecule has 108 valence electrons. The maximum Gasteiger partial charge on any atom is 0.445 e. The molecule has 0 unspecified atom stereocenters. The Kier molecular flexibility index (Phi) is 4.62. The van der Waals surface area contributed by atoms with Crippen LogP contribution in [0.3, 0.4) is 0 Å². The lowest BCUT2D eigenvalue weighted by atomic mass is 9.94. The number of hydrogen-bond acceptors (Lipinski definition) is 5. The van der Waals surface area contributed by atoms with E-state index in [1.807, 2.05) is 11.9 Å². The Morgan fingerprint density at radius 2 is 2.00 bits per heavy atom. The Labute approximate surface area is 114 Å². The van der Waals surface area contributed by atoms with E-state index < -0.39 is 11.2 Å². The van der Waals surface area contributed by atoms with Gasteiger partial charge in [0.2, 0.25) is 10.1 Å². The highest BCUT2D eigenvalue weighted by Gasteiger charge is 2.36. The van der Waals surface area contributed by atoms with Gasteiger partial charge in [0.1, 0.15) is 0 Å². The van der Waals surface area contributed by atoms with Crippen molar-refractivity contribution in [3.8, 4) is 0 Å². The number of halogens is 3. The van der Waals surface area contributed by atoms with Crippen LogP contribution in [0, 0.1) is 5.92 Å². The number of alkyl halides is 3. The summed E-state index contributed by atoms with van der Waals surface area (Å²) in [5, 5.41) is 9.52. The molecule has 1 aromatic heterocycles. The summed E-state index contributed by atoms with van der Waals surface area (Å²) in [5.74, 6) is 0.652. The minimum atomic E-state index is -4.39. The molecular weight excluding hydrogens is 277 g/mol. The molecule has 1 N–H and O–H groups in total. The molecule has 4 nitrogen and oxygen atoms in total. The van der Waals surface area contributed by atoms with E-state index in [0.717, 1.165) is 38.9 Å². The molecule has 0 atom stereocenters.